The summed E-state index contributed by atoms with van der Waals surface area (Å²) in [5.74, 6) is 0.0586. The molecule has 3 rings (SSSR count). The van der Waals surface area contributed by atoms with E-state index in [9.17, 15) is 9.59 Å². The van der Waals surface area contributed by atoms with Gasteiger partial charge in [0.1, 0.15) is 17.5 Å². The summed E-state index contributed by atoms with van der Waals surface area (Å²) in [4.78, 5) is 34.9. The van der Waals surface area contributed by atoms with Crippen LogP contribution >= 0.6 is 23.2 Å². The minimum absolute atomic E-state index is 0.00283. The molecule has 0 aliphatic heterocycles. The van der Waals surface area contributed by atoms with Gasteiger partial charge in [0.05, 0.1) is 32.4 Å². The van der Waals surface area contributed by atoms with Crippen molar-refractivity contribution < 1.29 is 33.3 Å². The van der Waals surface area contributed by atoms with Gasteiger partial charge in [-0.2, -0.15) is 9.97 Å². The average Bonchev–Trinajstić information content (AvgIpc) is 2.88. The first-order valence-corrected chi connectivity index (χ1v) is 11.2. The van der Waals surface area contributed by atoms with Crippen molar-refractivity contribution in [3.8, 4) is 29.3 Å². The molecule has 1 aromatic heterocycles. The molecule has 0 N–H and O–H groups in total. The van der Waals surface area contributed by atoms with Crippen LogP contribution in [0.25, 0.3) is 0 Å². The number of aromatic nitrogens is 2. The van der Waals surface area contributed by atoms with E-state index in [1.54, 1.807) is 43.3 Å². The first-order chi connectivity index (χ1) is 17.2. The van der Waals surface area contributed by atoms with Gasteiger partial charge in [0.25, 0.3) is 5.91 Å². The number of ether oxygens (including phenoxy) is 5. The van der Waals surface area contributed by atoms with Crippen LogP contribution in [0.1, 0.15) is 6.92 Å². The SMILES string of the molecule is COC(=O)C(C)N(C(=O)COc1ccc(Cl)cc1Cl)c1ccc(Oc2nc(OC)cc(OC)n2)cc1. The van der Waals surface area contributed by atoms with Crippen LogP contribution in [-0.4, -0.2) is 55.8 Å². The van der Waals surface area contributed by atoms with E-state index >= 15 is 0 Å². The van der Waals surface area contributed by atoms with Crippen LogP contribution in [0.15, 0.2) is 48.5 Å². The first kappa shape index (κ1) is 26.8. The van der Waals surface area contributed by atoms with Crippen LogP contribution in [-0.2, 0) is 14.3 Å². The molecular weight excluding hydrogens is 513 g/mol. The van der Waals surface area contributed by atoms with Crippen molar-refractivity contribution >= 4 is 40.8 Å². The minimum Gasteiger partial charge on any atom is -0.482 e. The maximum absolute atomic E-state index is 13.1. The summed E-state index contributed by atoms with van der Waals surface area (Å²) >= 11 is 12.0. The molecule has 0 saturated heterocycles. The second-order valence-corrected chi connectivity index (χ2v) is 8.00. The van der Waals surface area contributed by atoms with E-state index in [0.29, 0.717) is 16.5 Å². The molecule has 0 aliphatic carbocycles. The van der Waals surface area contributed by atoms with Gasteiger partial charge >= 0.3 is 12.0 Å². The number of carbonyl (C=O) groups is 2. The molecule has 3 aromatic rings. The predicted octanol–water partition coefficient (Wildman–Crippen LogP) is 4.57. The summed E-state index contributed by atoms with van der Waals surface area (Å²) in [6, 6.07) is 11.6. The smallest absolute Gasteiger partial charge is 0.328 e. The normalized spacial score (nSPS) is 11.3. The zero-order valence-electron chi connectivity index (χ0n) is 19.9. The molecule has 0 radical (unpaired) electrons. The second kappa shape index (κ2) is 12.3. The zero-order chi connectivity index (χ0) is 26.2. The highest BCUT2D eigenvalue weighted by molar-refractivity contribution is 6.35. The van der Waals surface area contributed by atoms with Crippen LogP contribution in [0, 0.1) is 0 Å². The molecule has 0 aliphatic rings. The lowest BCUT2D eigenvalue weighted by atomic mass is 10.2. The Kier molecular flexibility index (Phi) is 9.15. The van der Waals surface area contributed by atoms with Gasteiger partial charge in [-0.15, -0.1) is 0 Å². The lowest BCUT2D eigenvalue weighted by Gasteiger charge is -2.27. The third-order valence-electron chi connectivity index (χ3n) is 4.84. The molecule has 1 atom stereocenters. The number of amides is 1. The Bertz CT molecular complexity index is 1200. The van der Waals surface area contributed by atoms with Gasteiger partial charge in [0, 0.05) is 10.7 Å². The van der Waals surface area contributed by atoms with Gasteiger partial charge in [0.2, 0.25) is 11.8 Å². The molecule has 0 saturated carbocycles. The fourth-order valence-electron chi connectivity index (χ4n) is 3.08. The van der Waals surface area contributed by atoms with Crippen molar-refractivity contribution in [3.05, 3.63) is 58.6 Å². The summed E-state index contributed by atoms with van der Waals surface area (Å²) < 4.78 is 26.3. The number of benzene rings is 2. The number of rotatable bonds is 10. The van der Waals surface area contributed by atoms with Gasteiger partial charge in [-0.05, 0) is 49.4 Å². The van der Waals surface area contributed by atoms with E-state index in [0.717, 1.165) is 0 Å². The van der Waals surface area contributed by atoms with Crippen molar-refractivity contribution in [1.82, 2.24) is 9.97 Å². The Labute approximate surface area is 217 Å². The van der Waals surface area contributed by atoms with Gasteiger partial charge in [-0.1, -0.05) is 23.2 Å². The average molecular weight is 536 g/mol. The van der Waals surface area contributed by atoms with Crippen molar-refractivity contribution in [2.75, 3.05) is 32.8 Å². The Hall–Kier alpha value is -3.76. The monoisotopic (exact) mass is 535 g/mol. The Morgan fingerprint density at radius 3 is 2.14 bits per heavy atom. The number of methoxy groups -OCH3 is 3. The highest BCUT2D eigenvalue weighted by atomic mass is 35.5. The predicted molar refractivity (Wildman–Crippen MR) is 133 cm³/mol. The summed E-state index contributed by atoms with van der Waals surface area (Å²) in [5, 5.41) is 0.681. The number of anilines is 1. The number of hydrogen-bond donors (Lipinski definition) is 0. The summed E-state index contributed by atoms with van der Waals surface area (Å²) in [5.41, 5.74) is 0.403. The molecule has 1 amide bonds. The van der Waals surface area contributed by atoms with Crippen molar-refractivity contribution in [1.29, 1.82) is 0 Å². The van der Waals surface area contributed by atoms with E-state index in [4.69, 9.17) is 46.9 Å². The van der Waals surface area contributed by atoms with Crippen LogP contribution < -0.4 is 23.8 Å². The maximum Gasteiger partial charge on any atom is 0.328 e. The van der Waals surface area contributed by atoms with Gasteiger partial charge in [0.15, 0.2) is 6.61 Å². The van der Waals surface area contributed by atoms with Crippen molar-refractivity contribution in [2.24, 2.45) is 0 Å². The third-order valence-corrected chi connectivity index (χ3v) is 5.37. The second-order valence-electron chi connectivity index (χ2n) is 7.16. The van der Waals surface area contributed by atoms with Gasteiger partial charge in [-0.25, -0.2) is 4.79 Å². The number of carbonyl (C=O) groups excluding carboxylic acids is 2. The molecule has 0 fully saturated rings. The van der Waals surface area contributed by atoms with E-state index in [1.165, 1.54) is 38.4 Å². The fourth-order valence-corrected chi connectivity index (χ4v) is 3.54. The van der Waals surface area contributed by atoms with Gasteiger partial charge < -0.3 is 23.7 Å². The maximum atomic E-state index is 13.1. The molecule has 2 aromatic carbocycles. The number of esters is 1. The van der Waals surface area contributed by atoms with Crippen LogP contribution in [0.4, 0.5) is 5.69 Å². The molecule has 1 unspecified atom stereocenters. The molecule has 190 valence electrons. The summed E-state index contributed by atoms with van der Waals surface area (Å²) in [6.45, 7) is 1.15. The van der Waals surface area contributed by atoms with Crippen molar-refractivity contribution in [2.45, 2.75) is 13.0 Å². The Balaban J connectivity index is 1.81. The molecule has 1 heterocycles. The van der Waals surface area contributed by atoms with Crippen molar-refractivity contribution in [3.63, 3.8) is 0 Å². The van der Waals surface area contributed by atoms with E-state index < -0.39 is 24.5 Å². The quantitative estimate of drug-likeness (QED) is 0.344. The van der Waals surface area contributed by atoms with Crippen LogP contribution in [0.5, 0.6) is 29.3 Å². The fraction of sp³-hybridized carbons (Fsp3) is 0.250. The Morgan fingerprint density at radius 2 is 1.58 bits per heavy atom. The van der Waals surface area contributed by atoms with E-state index in [2.05, 4.69) is 9.97 Å². The lowest BCUT2D eigenvalue weighted by Crippen LogP contribution is -2.46. The zero-order valence-corrected chi connectivity index (χ0v) is 21.4. The molecule has 0 bridgehead atoms. The Morgan fingerprint density at radius 1 is 0.944 bits per heavy atom. The standard InChI is InChI=1S/C24H23Cl2N3O7/c1-14(23(31)34-4)29(22(30)13-35-19-10-5-15(25)11-18(19)26)16-6-8-17(9-7-16)36-24-27-20(32-2)12-21(28-24)33-3/h5-12,14H,13H2,1-4H3. The molecule has 12 heteroatoms. The molecular formula is C24H23Cl2N3O7. The topological polar surface area (TPSA) is 109 Å². The summed E-state index contributed by atoms with van der Waals surface area (Å²) in [7, 11) is 4.16. The van der Waals surface area contributed by atoms with Crippen LogP contribution in [0.3, 0.4) is 0 Å². The number of hydrogen-bond acceptors (Lipinski definition) is 9. The van der Waals surface area contributed by atoms with Gasteiger partial charge in [-0.3, -0.25) is 9.69 Å². The molecule has 10 nitrogen and oxygen atoms in total. The number of nitrogens with zero attached hydrogens (tertiary/aromatic N) is 3. The van der Waals surface area contributed by atoms with E-state index in [1.807, 2.05) is 0 Å². The third kappa shape index (κ3) is 6.67. The lowest BCUT2D eigenvalue weighted by molar-refractivity contribution is -0.143. The van der Waals surface area contributed by atoms with Crippen LogP contribution in [0.2, 0.25) is 10.0 Å². The highest BCUT2D eigenvalue weighted by Crippen LogP contribution is 2.29. The number of halogens is 2. The largest absolute Gasteiger partial charge is 0.482 e. The van der Waals surface area contributed by atoms with E-state index in [-0.39, 0.29) is 28.5 Å². The molecule has 0 spiro atoms. The highest BCUT2D eigenvalue weighted by Gasteiger charge is 2.29. The minimum atomic E-state index is -0.940. The summed E-state index contributed by atoms with van der Waals surface area (Å²) in [6.07, 6.45) is 0. The molecule has 36 heavy (non-hydrogen) atoms. The first-order valence-electron chi connectivity index (χ1n) is 10.5.